The molecule has 2 atom stereocenters. The Morgan fingerprint density at radius 1 is 1.44 bits per heavy atom. The predicted molar refractivity (Wildman–Crippen MR) is 35.9 cm³/mol. The quantitative estimate of drug-likeness (QED) is 0.603. The largest absolute Gasteiger partial charge is 0.330 e. The molecule has 2 heteroatoms. The maximum atomic E-state index is 12.7. The first-order valence-corrected chi connectivity index (χ1v) is 3.68. The lowest BCUT2D eigenvalue weighted by Gasteiger charge is -2.09. The van der Waals surface area contributed by atoms with E-state index in [0.29, 0.717) is 6.54 Å². The zero-order valence-electron chi connectivity index (χ0n) is 5.65. The Balaban J connectivity index is 2.22. The Bertz CT molecular complexity index is 85.0. The van der Waals surface area contributed by atoms with Crippen LogP contribution in [-0.2, 0) is 0 Å². The fourth-order valence-corrected chi connectivity index (χ4v) is 1.53. The van der Waals surface area contributed by atoms with E-state index in [0.717, 1.165) is 25.7 Å². The Labute approximate surface area is 55.4 Å². The highest BCUT2D eigenvalue weighted by Crippen LogP contribution is 2.30. The number of halogens is 1. The van der Waals surface area contributed by atoms with Crippen molar-refractivity contribution in [1.82, 2.24) is 0 Å². The summed E-state index contributed by atoms with van der Waals surface area (Å²) in [6.45, 7) is 0.644. The van der Waals surface area contributed by atoms with Gasteiger partial charge in [0.1, 0.15) is 6.17 Å². The van der Waals surface area contributed by atoms with Crippen LogP contribution in [0.1, 0.15) is 25.7 Å². The van der Waals surface area contributed by atoms with E-state index in [1.54, 1.807) is 0 Å². The van der Waals surface area contributed by atoms with Crippen LogP contribution in [0.4, 0.5) is 4.39 Å². The zero-order chi connectivity index (χ0) is 6.69. The maximum Gasteiger partial charge on any atom is 0.103 e. The van der Waals surface area contributed by atoms with Gasteiger partial charge in [0.2, 0.25) is 0 Å². The molecule has 0 heterocycles. The number of hydrogen-bond donors (Lipinski definition) is 1. The smallest absolute Gasteiger partial charge is 0.103 e. The molecule has 0 aromatic carbocycles. The Kier molecular flexibility index (Phi) is 2.46. The summed E-state index contributed by atoms with van der Waals surface area (Å²) in [6.07, 6.45) is 3.21. The molecule has 1 aliphatic rings. The normalized spacial score (nSPS) is 35.3. The molecule has 1 saturated carbocycles. The summed E-state index contributed by atoms with van der Waals surface area (Å²) in [5, 5.41) is 0. The van der Waals surface area contributed by atoms with Gasteiger partial charge in [-0.3, -0.25) is 0 Å². The number of nitrogens with two attached hydrogens (primary N) is 1. The highest BCUT2D eigenvalue weighted by molar-refractivity contribution is 4.76. The van der Waals surface area contributed by atoms with E-state index in [4.69, 9.17) is 5.73 Å². The average molecular weight is 131 g/mol. The molecule has 1 fully saturated rings. The van der Waals surface area contributed by atoms with E-state index in [1.807, 2.05) is 0 Å². The maximum absolute atomic E-state index is 12.7. The lowest BCUT2D eigenvalue weighted by molar-refractivity contribution is 0.254. The van der Waals surface area contributed by atoms with E-state index in [-0.39, 0.29) is 5.92 Å². The van der Waals surface area contributed by atoms with Crippen molar-refractivity contribution in [2.24, 2.45) is 11.7 Å². The summed E-state index contributed by atoms with van der Waals surface area (Å²) < 4.78 is 12.7. The molecule has 0 bridgehead atoms. The number of rotatable bonds is 2. The predicted octanol–water partition coefficient (Wildman–Crippen LogP) is 1.47. The highest BCUT2D eigenvalue weighted by atomic mass is 19.1. The Morgan fingerprint density at radius 2 is 2.22 bits per heavy atom. The van der Waals surface area contributed by atoms with Crippen molar-refractivity contribution < 1.29 is 4.39 Å². The van der Waals surface area contributed by atoms with Gasteiger partial charge >= 0.3 is 0 Å². The van der Waals surface area contributed by atoms with E-state index < -0.39 is 6.17 Å². The molecular weight excluding hydrogens is 117 g/mol. The minimum Gasteiger partial charge on any atom is -0.330 e. The third-order valence-corrected chi connectivity index (χ3v) is 2.10. The van der Waals surface area contributed by atoms with Gasteiger partial charge in [-0.2, -0.15) is 0 Å². The molecular formula is C7H14FN. The first-order valence-electron chi connectivity index (χ1n) is 3.68. The minimum atomic E-state index is -0.548. The molecule has 2 N–H and O–H groups in total. The Morgan fingerprint density at radius 3 is 2.67 bits per heavy atom. The van der Waals surface area contributed by atoms with Crippen LogP contribution in [-0.4, -0.2) is 12.7 Å². The lowest BCUT2D eigenvalue weighted by atomic mass is 10.0. The van der Waals surface area contributed by atoms with Gasteiger partial charge in [0.25, 0.3) is 0 Å². The topological polar surface area (TPSA) is 26.0 Å². The van der Waals surface area contributed by atoms with Crippen molar-refractivity contribution in [3.63, 3.8) is 0 Å². The van der Waals surface area contributed by atoms with Gasteiger partial charge in [0.15, 0.2) is 0 Å². The molecule has 9 heavy (non-hydrogen) atoms. The monoisotopic (exact) mass is 131 g/mol. The number of hydrogen-bond acceptors (Lipinski definition) is 1. The van der Waals surface area contributed by atoms with Crippen LogP contribution in [0.2, 0.25) is 0 Å². The van der Waals surface area contributed by atoms with Crippen molar-refractivity contribution in [2.75, 3.05) is 6.54 Å². The van der Waals surface area contributed by atoms with Gasteiger partial charge in [-0.1, -0.05) is 6.42 Å². The van der Waals surface area contributed by atoms with Crippen LogP contribution >= 0.6 is 0 Å². The zero-order valence-corrected chi connectivity index (χ0v) is 5.65. The molecule has 0 radical (unpaired) electrons. The molecule has 0 aromatic rings. The molecule has 1 rings (SSSR count). The summed E-state index contributed by atoms with van der Waals surface area (Å²) in [5.41, 5.74) is 5.30. The number of alkyl halides is 1. The summed E-state index contributed by atoms with van der Waals surface area (Å²) in [7, 11) is 0. The van der Waals surface area contributed by atoms with E-state index in [9.17, 15) is 4.39 Å². The molecule has 0 unspecified atom stereocenters. The van der Waals surface area contributed by atoms with Crippen LogP contribution in [0.3, 0.4) is 0 Å². The first-order chi connectivity index (χ1) is 4.34. The van der Waals surface area contributed by atoms with Gasteiger partial charge in [-0.15, -0.1) is 0 Å². The van der Waals surface area contributed by atoms with Crippen molar-refractivity contribution in [3.8, 4) is 0 Å². The fourth-order valence-electron chi connectivity index (χ4n) is 1.53. The van der Waals surface area contributed by atoms with Gasteiger partial charge in [0, 0.05) is 0 Å². The summed E-state index contributed by atoms with van der Waals surface area (Å²) in [6, 6.07) is 0. The van der Waals surface area contributed by atoms with Crippen molar-refractivity contribution in [2.45, 2.75) is 31.9 Å². The fraction of sp³-hybridized carbons (Fsp3) is 1.00. The molecule has 0 aliphatic heterocycles. The van der Waals surface area contributed by atoms with Crippen LogP contribution in [0, 0.1) is 5.92 Å². The van der Waals surface area contributed by atoms with Crippen LogP contribution in [0.15, 0.2) is 0 Å². The molecule has 0 spiro atoms. The molecule has 0 aromatic heterocycles. The standard InChI is InChI=1S/C7H14FN/c8-7-3-1-2-6(7)4-5-9/h6-7H,1-5,9H2/t6-,7-/m0/s1. The molecule has 0 saturated heterocycles. The molecule has 1 aliphatic carbocycles. The summed E-state index contributed by atoms with van der Waals surface area (Å²) in [4.78, 5) is 0. The summed E-state index contributed by atoms with van der Waals surface area (Å²) in [5.74, 6) is 0.287. The third-order valence-electron chi connectivity index (χ3n) is 2.10. The van der Waals surface area contributed by atoms with Crippen molar-refractivity contribution in [3.05, 3.63) is 0 Å². The lowest BCUT2D eigenvalue weighted by Crippen LogP contribution is -2.13. The first kappa shape index (κ1) is 7.00. The van der Waals surface area contributed by atoms with Crippen LogP contribution < -0.4 is 5.73 Å². The molecule has 1 nitrogen and oxygen atoms in total. The highest BCUT2D eigenvalue weighted by Gasteiger charge is 2.25. The third kappa shape index (κ3) is 1.65. The van der Waals surface area contributed by atoms with Crippen molar-refractivity contribution >= 4 is 0 Å². The van der Waals surface area contributed by atoms with E-state index >= 15 is 0 Å². The van der Waals surface area contributed by atoms with Gasteiger partial charge in [-0.25, -0.2) is 4.39 Å². The Hall–Kier alpha value is -0.110. The SMILES string of the molecule is NCC[C@@H]1CCC[C@@H]1F. The van der Waals surface area contributed by atoms with E-state index in [1.165, 1.54) is 0 Å². The molecule has 0 amide bonds. The van der Waals surface area contributed by atoms with Gasteiger partial charge < -0.3 is 5.73 Å². The second kappa shape index (κ2) is 3.16. The summed E-state index contributed by atoms with van der Waals surface area (Å²) >= 11 is 0. The van der Waals surface area contributed by atoms with Gasteiger partial charge in [0.05, 0.1) is 0 Å². The average Bonchev–Trinajstić information content (AvgIpc) is 2.18. The molecule has 54 valence electrons. The van der Waals surface area contributed by atoms with Crippen LogP contribution in [0.25, 0.3) is 0 Å². The van der Waals surface area contributed by atoms with Gasteiger partial charge in [-0.05, 0) is 31.7 Å². The van der Waals surface area contributed by atoms with Crippen LogP contribution in [0.5, 0.6) is 0 Å². The van der Waals surface area contributed by atoms with E-state index in [2.05, 4.69) is 0 Å². The minimum absolute atomic E-state index is 0.287. The van der Waals surface area contributed by atoms with Crippen molar-refractivity contribution in [1.29, 1.82) is 0 Å². The second-order valence-corrected chi connectivity index (χ2v) is 2.78. The second-order valence-electron chi connectivity index (χ2n) is 2.78.